The summed E-state index contributed by atoms with van der Waals surface area (Å²) in [6.45, 7) is 11.3. The predicted molar refractivity (Wildman–Crippen MR) is 101 cm³/mol. The van der Waals surface area contributed by atoms with Crippen molar-refractivity contribution in [1.82, 2.24) is 10.2 Å². The molecule has 3 N–H and O–H groups in total. The quantitative estimate of drug-likeness (QED) is 0.783. The van der Waals surface area contributed by atoms with Crippen LogP contribution in [0.15, 0.2) is 24.3 Å². The second kappa shape index (κ2) is 8.99. The fourth-order valence-corrected chi connectivity index (χ4v) is 2.64. The fourth-order valence-electron chi connectivity index (χ4n) is 2.64. The highest BCUT2D eigenvalue weighted by atomic mass is 16.2. The summed E-state index contributed by atoms with van der Waals surface area (Å²) in [7, 11) is 3.35. The zero-order valence-corrected chi connectivity index (χ0v) is 16.7. The Kier molecular flexibility index (Phi) is 7.61. The molecule has 1 atom stereocenters. The zero-order chi connectivity index (χ0) is 19.2. The van der Waals surface area contributed by atoms with Crippen molar-refractivity contribution in [3.63, 3.8) is 0 Å². The molecular formula is C20H34N3O2+. The molecule has 140 valence electrons. The number of amides is 2. The predicted octanol–water partition coefficient (Wildman–Crippen LogP) is 1.45. The zero-order valence-electron chi connectivity index (χ0n) is 16.7. The second-order valence-electron chi connectivity index (χ2n) is 8.15. The van der Waals surface area contributed by atoms with Crippen LogP contribution in [0.2, 0.25) is 0 Å². The van der Waals surface area contributed by atoms with Crippen molar-refractivity contribution in [1.29, 1.82) is 0 Å². The molecule has 0 fully saturated rings. The normalized spacial score (nSPS) is 12.8. The van der Waals surface area contributed by atoms with Gasteiger partial charge in [0, 0.05) is 25.6 Å². The van der Waals surface area contributed by atoms with Crippen LogP contribution in [0.4, 0.5) is 0 Å². The topological polar surface area (TPSA) is 66.0 Å². The molecule has 0 saturated heterocycles. The van der Waals surface area contributed by atoms with Gasteiger partial charge in [-0.3, -0.25) is 9.59 Å². The summed E-state index contributed by atoms with van der Waals surface area (Å²) in [6.07, 6.45) is 0. The maximum atomic E-state index is 12.0. The first kappa shape index (κ1) is 21.2. The number of carbonyl (C=O) groups is 2. The highest BCUT2D eigenvalue weighted by molar-refractivity contribution is 5.84. The van der Waals surface area contributed by atoms with Crippen LogP contribution in [0, 0.1) is 5.92 Å². The van der Waals surface area contributed by atoms with E-state index in [2.05, 4.69) is 64.2 Å². The van der Waals surface area contributed by atoms with Crippen molar-refractivity contribution >= 4 is 11.8 Å². The van der Waals surface area contributed by atoms with E-state index in [0.717, 1.165) is 0 Å². The number of rotatable bonds is 7. The number of hydrogen-bond donors (Lipinski definition) is 2. The van der Waals surface area contributed by atoms with E-state index in [0.29, 0.717) is 12.5 Å². The van der Waals surface area contributed by atoms with Crippen LogP contribution in [-0.4, -0.2) is 43.9 Å². The first-order valence-electron chi connectivity index (χ1n) is 8.93. The monoisotopic (exact) mass is 348 g/mol. The molecule has 0 aliphatic carbocycles. The average molecular weight is 349 g/mol. The van der Waals surface area contributed by atoms with E-state index in [-0.39, 0.29) is 29.8 Å². The molecule has 0 aliphatic heterocycles. The van der Waals surface area contributed by atoms with Gasteiger partial charge in [0.25, 0.3) is 5.91 Å². The van der Waals surface area contributed by atoms with Gasteiger partial charge < -0.3 is 15.5 Å². The lowest BCUT2D eigenvalue weighted by atomic mass is 9.85. The van der Waals surface area contributed by atoms with Crippen molar-refractivity contribution in [2.45, 2.75) is 46.1 Å². The highest BCUT2D eigenvalue weighted by Crippen LogP contribution is 2.25. The van der Waals surface area contributed by atoms with Crippen LogP contribution in [0.5, 0.6) is 0 Å². The Hall–Kier alpha value is -1.88. The van der Waals surface area contributed by atoms with Gasteiger partial charge >= 0.3 is 0 Å². The molecule has 0 saturated carbocycles. The number of benzene rings is 1. The number of carbonyl (C=O) groups excluding carboxylic acids is 2. The number of nitrogens with one attached hydrogen (secondary N) is 1. The molecule has 0 aliphatic rings. The van der Waals surface area contributed by atoms with Crippen LogP contribution in [0.1, 0.15) is 51.8 Å². The molecule has 0 bridgehead atoms. The first-order valence-corrected chi connectivity index (χ1v) is 8.93. The molecule has 0 heterocycles. The third-order valence-corrected chi connectivity index (χ3v) is 4.37. The van der Waals surface area contributed by atoms with Crippen LogP contribution in [0.3, 0.4) is 0 Å². The molecule has 1 aromatic rings. The summed E-state index contributed by atoms with van der Waals surface area (Å²) in [6, 6.07) is 8.89. The minimum atomic E-state index is -0.118. The molecule has 25 heavy (non-hydrogen) atoms. The molecule has 0 aromatic heterocycles. The lowest BCUT2D eigenvalue weighted by molar-refractivity contribution is -0.692. The Balaban J connectivity index is 2.66. The number of nitrogens with zero attached hydrogens (tertiary/aromatic N) is 1. The summed E-state index contributed by atoms with van der Waals surface area (Å²) in [5, 5.41) is 4.72. The van der Waals surface area contributed by atoms with Gasteiger partial charge in [-0.15, -0.1) is 0 Å². The maximum Gasteiger partial charge on any atom is 0.275 e. The molecule has 1 aromatic carbocycles. The van der Waals surface area contributed by atoms with E-state index in [1.54, 1.807) is 14.1 Å². The van der Waals surface area contributed by atoms with E-state index in [1.807, 2.05) is 5.32 Å². The molecule has 0 spiro atoms. The van der Waals surface area contributed by atoms with Gasteiger partial charge in [-0.2, -0.15) is 0 Å². The van der Waals surface area contributed by atoms with Gasteiger partial charge in [0.05, 0.1) is 6.54 Å². The second-order valence-corrected chi connectivity index (χ2v) is 8.15. The summed E-state index contributed by atoms with van der Waals surface area (Å²) in [5.74, 6) is 0.176. The molecule has 5 heteroatoms. The molecule has 1 rings (SSSR count). The fraction of sp³-hybridized carbons (Fsp3) is 0.600. The summed E-state index contributed by atoms with van der Waals surface area (Å²) in [5.41, 5.74) is 2.66. The number of nitrogens with two attached hydrogens (primary N) is 1. The Morgan fingerprint density at radius 3 is 2.12 bits per heavy atom. The summed E-state index contributed by atoms with van der Waals surface area (Å²) < 4.78 is 0. The van der Waals surface area contributed by atoms with Crippen molar-refractivity contribution in [3.05, 3.63) is 35.4 Å². The van der Waals surface area contributed by atoms with Gasteiger partial charge in [0.15, 0.2) is 6.54 Å². The van der Waals surface area contributed by atoms with E-state index in [4.69, 9.17) is 0 Å². The molecule has 2 amide bonds. The van der Waals surface area contributed by atoms with Crippen LogP contribution < -0.4 is 10.6 Å². The van der Waals surface area contributed by atoms with Crippen LogP contribution in [0.25, 0.3) is 0 Å². The molecule has 0 radical (unpaired) electrons. The lowest BCUT2D eigenvalue weighted by Crippen LogP contribution is -2.88. The average Bonchev–Trinajstić information content (AvgIpc) is 2.51. The van der Waals surface area contributed by atoms with E-state index < -0.39 is 0 Å². The lowest BCUT2D eigenvalue weighted by Gasteiger charge is -2.22. The highest BCUT2D eigenvalue weighted by Gasteiger charge is 2.22. The standard InChI is InChI=1S/C20H33N3O2/c1-14(2)19(15-8-10-16(11-9-15)20(3,4)5)22-12-17(24)21-13-18(25)23(6)7/h8-11,14,19,22H,12-13H2,1-7H3,(H,21,24)/p+1/t19-/m1/s1. The molecular weight excluding hydrogens is 314 g/mol. The van der Waals surface area contributed by atoms with Gasteiger partial charge in [0.1, 0.15) is 6.04 Å². The SMILES string of the molecule is CC(C)[C@@H]([NH2+]CC(=O)NCC(=O)N(C)C)c1ccc(C(C)(C)C)cc1. The van der Waals surface area contributed by atoms with Gasteiger partial charge in [-0.1, -0.05) is 58.9 Å². The van der Waals surface area contributed by atoms with Gasteiger partial charge in [-0.25, -0.2) is 0 Å². The number of hydrogen-bond acceptors (Lipinski definition) is 2. The van der Waals surface area contributed by atoms with Gasteiger partial charge in [0.2, 0.25) is 5.91 Å². The van der Waals surface area contributed by atoms with Crippen LogP contribution >= 0.6 is 0 Å². The Morgan fingerprint density at radius 2 is 1.68 bits per heavy atom. The van der Waals surface area contributed by atoms with Crippen molar-refractivity contribution in [2.75, 3.05) is 27.2 Å². The van der Waals surface area contributed by atoms with E-state index >= 15 is 0 Å². The van der Waals surface area contributed by atoms with Crippen molar-refractivity contribution in [3.8, 4) is 0 Å². The Labute approximate surface area is 152 Å². The molecule has 0 unspecified atom stereocenters. The van der Waals surface area contributed by atoms with Gasteiger partial charge in [-0.05, 0) is 11.0 Å². The summed E-state index contributed by atoms with van der Waals surface area (Å²) >= 11 is 0. The maximum absolute atomic E-state index is 12.0. The minimum Gasteiger partial charge on any atom is -0.347 e. The third kappa shape index (κ3) is 6.86. The van der Waals surface area contributed by atoms with Crippen LogP contribution in [-0.2, 0) is 15.0 Å². The Bertz CT molecular complexity index is 572. The largest absolute Gasteiger partial charge is 0.347 e. The van der Waals surface area contributed by atoms with Crippen molar-refractivity contribution < 1.29 is 14.9 Å². The Morgan fingerprint density at radius 1 is 1.12 bits per heavy atom. The third-order valence-electron chi connectivity index (χ3n) is 4.37. The smallest absolute Gasteiger partial charge is 0.275 e. The number of likely N-dealkylation sites (N-methyl/N-ethyl adjacent to an activating group) is 1. The van der Waals surface area contributed by atoms with E-state index in [9.17, 15) is 9.59 Å². The molecule has 5 nitrogen and oxygen atoms in total. The number of quaternary nitrogens is 1. The van der Waals surface area contributed by atoms with E-state index in [1.165, 1.54) is 16.0 Å². The summed E-state index contributed by atoms with van der Waals surface area (Å²) in [4.78, 5) is 25.0. The van der Waals surface area contributed by atoms with Crippen molar-refractivity contribution in [2.24, 2.45) is 5.92 Å². The minimum absolute atomic E-state index is 0.0479. The first-order chi connectivity index (χ1) is 11.5.